The Morgan fingerprint density at radius 1 is 1.38 bits per heavy atom. The molecule has 1 aromatic rings. The Kier molecular flexibility index (Phi) is 4.21. The molecule has 16 heavy (non-hydrogen) atoms. The van der Waals surface area contributed by atoms with Gasteiger partial charge >= 0.3 is 0 Å². The number of nitrogens with zero attached hydrogens (tertiary/aromatic N) is 2. The quantitative estimate of drug-likeness (QED) is 0.813. The van der Waals surface area contributed by atoms with Gasteiger partial charge in [-0.1, -0.05) is 6.92 Å². The van der Waals surface area contributed by atoms with Crippen molar-refractivity contribution in [2.24, 2.45) is 0 Å². The van der Waals surface area contributed by atoms with Crippen molar-refractivity contribution in [3.63, 3.8) is 0 Å². The lowest BCUT2D eigenvalue weighted by molar-refractivity contribution is -0.0935. The third-order valence-corrected chi connectivity index (χ3v) is 2.41. The molecule has 0 saturated carbocycles. The van der Waals surface area contributed by atoms with Crippen LogP contribution in [0.15, 0.2) is 12.4 Å². The Morgan fingerprint density at radius 2 is 2.19 bits per heavy atom. The van der Waals surface area contributed by atoms with Crippen molar-refractivity contribution >= 4 is 0 Å². The SMILES string of the molecule is CCNCc1cnc(C2COCCO2)nc1. The molecule has 0 amide bonds. The first-order valence-electron chi connectivity index (χ1n) is 5.61. The molecule has 1 N–H and O–H groups in total. The highest BCUT2D eigenvalue weighted by atomic mass is 16.6. The monoisotopic (exact) mass is 223 g/mol. The van der Waals surface area contributed by atoms with Crippen LogP contribution in [-0.4, -0.2) is 36.3 Å². The molecule has 0 aromatic carbocycles. The molecule has 0 bridgehead atoms. The van der Waals surface area contributed by atoms with Crippen LogP contribution in [0.1, 0.15) is 24.4 Å². The summed E-state index contributed by atoms with van der Waals surface area (Å²) >= 11 is 0. The summed E-state index contributed by atoms with van der Waals surface area (Å²) in [6, 6.07) is 0. The summed E-state index contributed by atoms with van der Waals surface area (Å²) in [5.74, 6) is 0.708. The highest BCUT2D eigenvalue weighted by molar-refractivity contribution is 5.06. The second-order valence-electron chi connectivity index (χ2n) is 3.66. The number of ether oxygens (including phenoxy) is 2. The minimum Gasteiger partial charge on any atom is -0.376 e. The van der Waals surface area contributed by atoms with Gasteiger partial charge in [0.15, 0.2) is 5.82 Å². The van der Waals surface area contributed by atoms with Crippen LogP contribution in [0.5, 0.6) is 0 Å². The number of nitrogens with one attached hydrogen (secondary N) is 1. The van der Waals surface area contributed by atoms with E-state index in [1.807, 2.05) is 12.4 Å². The first-order valence-corrected chi connectivity index (χ1v) is 5.61. The lowest BCUT2D eigenvalue weighted by Gasteiger charge is -2.21. The van der Waals surface area contributed by atoms with Crippen LogP contribution < -0.4 is 5.32 Å². The largest absolute Gasteiger partial charge is 0.376 e. The average molecular weight is 223 g/mol. The highest BCUT2D eigenvalue weighted by Crippen LogP contribution is 2.16. The third-order valence-electron chi connectivity index (χ3n) is 2.41. The van der Waals surface area contributed by atoms with Gasteiger partial charge in [-0.2, -0.15) is 0 Å². The van der Waals surface area contributed by atoms with E-state index < -0.39 is 0 Å². The predicted molar refractivity (Wildman–Crippen MR) is 58.9 cm³/mol. The van der Waals surface area contributed by atoms with Crippen molar-refractivity contribution in [3.05, 3.63) is 23.8 Å². The molecule has 2 rings (SSSR count). The van der Waals surface area contributed by atoms with Gasteiger partial charge in [-0.15, -0.1) is 0 Å². The van der Waals surface area contributed by atoms with Gasteiger partial charge in [-0.05, 0) is 6.54 Å². The molecule has 2 heterocycles. The molecule has 5 heteroatoms. The van der Waals surface area contributed by atoms with E-state index in [1.165, 1.54) is 0 Å². The van der Waals surface area contributed by atoms with Crippen molar-refractivity contribution in [2.75, 3.05) is 26.4 Å². The molecule has 0 aliphatic carbocycles. The highest BCUT2D eigenvalue weighted by Gasteiger charge is 2.18. The van der Waals surface area contributed by atoms with E-state index >= 15 is 0 Å². The number of hydrogen-bond acceptors (Lipinski definition) is 5. The molecule has 1 saturated heterocycles. The summed E-state index contributed by atoms with van der Waals surface area (Å²) in [6.07, 6.45) is 3.56. The lowest BCUT2D eigenvalue weighted by atomic mass is 10.3. The Bertz CT molecular complexity index is 310. The maximum absolute atomic E-state index is 5.52. The molecule has 0 spiro atoms. The molecule has 0 radical (unpaired) electrons. The summed E-state index contributed by atoms with van der Waals surface area (Å²) in [6.45, 7) is 5.65. The Balaban J connectivity index is 1.95. The summed E-state index contributed by atoms with van der Waals surface area (Å²) in [5.41, 5.74) is 1.09. The van der Waals surface area contributed by atoms with Crippen LogP contribution in [-0.2, 0) is 16.0 Å². The van der Waals surface area contributed by atoms with E-state index in [9.17, 15) is 0 Å². The second-order valence-corrected chi connectivity index (χ2v) is 3.66. The van der Waals surface area contributed by atoms with E-state index in [0.29, 0.717) is 25.6 Å². The summed E-state index contributed by atoms with van der Waals surface area (Å²) in [4.78, 5) is 8.60. The number of rotatable bonds is 4. The second kappa shape index (κ2) is 5.89. The van der Waals surface area contributed by atoms with Crippen molar-refractivity contribution in [1.82, 2.24) is 15.3 Å². The Labute approximate surface area is 95.2 Å². The van der Waals surface area contributed by atoms with Crippen LogP contribution in [0, 0.1) is 0 Å². The van der Waals surface area contributed by atoms with Gasteiger partial charge in [0.25, 0.3) is 0 Å². The van der Waals surface area contributed by atoms with E-state index in [1.54, 1.807) is 0 Å². The molecule has 5 nitrogen and oxygen atoms in total. The fraction of sp³-hybridized carbons (Fsp3) is 0.636. The smallest absolute Gasteiger partial charge is 0.159 e. The molecule has 1 atom stereocenters. The zero-order valence-electron chi connectivity index (χ0n) is 9.48. The Hall–Kier alpha value is -1.04. The molecule has 88 valence electrons. The molecule has 1 aromatic heterocycles. The zero-order chi connectivity index (χ0) is 11.2. The fourth-order valence-electron chi connectivity index (χ4n) is 1.53. The summed E-state index contributed by atoms with van der Waals surface area (Å²) < 4.78 is 10.8. The van der Waals surface area contributed by atoms with Crippen molar-refractivity contribution in [2.45, 2.75) is 19.6 Å². The topological polar surface area (TPSA) is 56.3 Å². The number of aromatic nitrogens is 2. The molecular weight excluding hydrogens is 206 g/mol. The van der Waals surface area contributed by atoms with Gasteiger partial charge in [0, 0.05) is 24.5 Å². The van der Waals surface area contributed by atoms with E-state index in [-0.39, 0.29) is 6.10 Å². The molecule has 1 fully saturated rings. The van der Waals surface area contributed by atoms with Gasteiger partial charge in [-0.3, -0.25) is 0 Å². The van der Waals surface area contributed by atoms with Gasteiger partial charge in [0.1, 0.15) is 6.10 Å². The van der Waals surface area contributed by atoms with Gasteiger partial charge in [0.05, 0.1) is 19.8 Å². The minimum atomic E-state index is -0.109. The van der Waals surface area contributed by atoms with E-state index in [0.717, 1.165) is 18.7 Å². The molecule has 1 aliphatic heterocycles. The molecule has 1 aliphatic rings. The van der Waals surface area contributed by atoms with Crippen molar-refractivity contribution in [1.29, 1.82) is 0 Å². The van der Waals surface area contributed by atoms with Gasteiger partial charge < -0.3 is 14.8 Å². The third kappa shape index (κ3) is 2.98. The van der Waals surface area contributed by atoms with Gasteiger partial charge in [-0.25, -0.2) is 9.97 Å². The maximum Gasteiger partial charge on any atom is 0.159 e. The summed E-state index contributed by atoms with van der Waals surface area (Å²) in [5, 5.41) is 3.23. The van der Waals surface area contributed by atoms with Crippen LogP contribution in [0.2, 0.25) is 0 Å². The normalized spacial score (nSPS) is 20.9. The molecular formula is C11H17N3O2. The average Bonchev–Trinajstić information content (AvgIpc) is 2.38. The molecule has 1 unspecified atom stereocenters. The Morgan fingerprint density at radius 3 is 2.81 bits per heavy atom. The van der Waals surface area contributed by atoms with Crippen LogP contribution in [0.4, 0.5) is 0 Å². The predicted octanol–water partition coefficient (Wildman–Crippen LogP) is 0.674. The van der Waals surface area contributed by atoms with E-state index in [2.05, 4.69) is 22.2 Å². The first kappa shape index (κ1) is 11.4. The fourth-order valence-corrected chi connectivity index (χ4v) is 1.53. The van der Waals surface area contributed by atoms with Crippen LogP contribution in [0.3, 0.4) is 0 Å². The lowest BCUT2D eigenvalue weighted by Crippen LogP contribution is -2.23. The van der Waals surface area contributed by atoms with Crippen molar-refractivity contribution < 1.29 is 9.47 Å². The zero-order valence-corrected chi connectivity index (χ0v) is 9.48. The standard InChI is InChI=1S/C11H17N3O2/c1-2-12-5-9-6-13-11(14-7-9)10-8-15-3-4-16-10/h6-7,10,12H,2-5,8H2,1H3. The van der Waals surface area contributed by atoms with Gasteiger partial charge in [0.2, 0.25) is 0 Å². The maximum atomic E-state index is 5.52. The van der Waals surface area contributed by atoms with E-state index in [4.69, 9.17) is 9.47 Å². The van der Waals surface area contributed by atoms with Crippen molar-refractivity contribution in [3.8, 4) is 0 Å². The van der Waals surface area contributed by atoms with Crippen LogP contribution in [0.25, 0.3) is 0 Å². The first-order chi connectivity index (χ1) is 7.90. The van der Waals surface area contributed by atoms with Crippen LogP contribution >= 0.6 is 0 Å². The number of hydrogen-bond donors (Lipinski definition) is 1. The summed E-state index contributed by atoms with van der Waals surface area (Å²) in [7, 11) is 0. The minimum absolute atomic E-state index is 0.109.